The Hall–Kier alpha value is -1.81. The van der Waals surface area contributed by atoms with E-state index in [1.807, 2.05) is 6.07 Å². The first-order valence-electron chi connectivity index (χ1n) is 7.13. The number of fused-ring (bicyclic) bond motifs is 1. The molecule has 0 radical (unpaired) electrons. The molecule has 1 aliphatic rings. The number of alkyl halides is 1. The van der Waals surface area contributed by atoms with Crippen LogP contribution >= 0.6 is 15.9 Å². The van der Waals surface area contributed by atoms with Crippen molar-refractivity contribution < 1.29 is 0 Å². The monoisotopic (exact) mass is 342 g/mol. The molecule has 2 N–H and O–H groups in total. The minimum absolute atomic E-state index is 0.151. The summed E-state index contributed by atoms with van der Waals surface area (Å²) in [5, 5.41) is 0. The van der Waals surface area contributed by atoms with Gasteiger partial charge in [0.1, 0.15) is 0 Å². The van der Waals surface area contributed by atoms with Gasteiger partial charge in [-0.3, -0.25) is 0 Å². The number of hydrogen-bond donors (Lipinski definition) is 2. The van der Waals surface area contributed by atoms with E-state index in [0.717, 1.165) is 11.0 Å². The van der Waals surface area contributed by atoms with Gasteiger partial charge < -0.3 is 9.97 Å². The van der Waals surface area contributed by atoms with Crippen LogP contribution < -0.4 is 5.69 Å². The molecule has 3 nitrogen and oxygen atoms in total. The number of H-pyrrole nitrogens is 2. The number of aromatic nitrogens is 2. The van der Waals surface area contributed by atoms with Crippen LogP contribution in [0.3, 0.4) is 0 Å². The van der Waals surface area contributed by atoms with E-state index in [0.29, 0.717) is 16.7 Å². The molecule has 1 aromatic heterocycles. The molecule has 3 atom stereocenters. The third kappa shape index (κ3) is 2.33. The Labute approximate surface area is 130 Å². The van der Waals surface area contributed by atoms with Gasteiger partial charge in [-0.15, -0.1) is 0 Å². The highest BCUT2D eigenvalue weighted by Gasteiger charge is 2.43. The summed E-state index contributed by atoms with van der Waals surface area (Å²) >= 11 is 3.84. The molecule has 1 heterocycles. The van der Waals surface area contributed by atoms with E-state index in [-0.39, 0.29) is 5.69 Å². The molecule has 3 unspecified atom stereocenters. The summed E-state index contributed by atoms with van der Waals surface area (Å²) < 4.78 is 0. The van der Waals surface area contributed by atoms with Crippen molar-refractivity contribution in [1.82, 2.24) is 9.97 Å². The molecule has 0 amide bonds. The highest BCUT2D eigenvalue weighted by Crippen LogP contribution is 2.57. The Morgan fingerprint density at radius 1 is 1.05 bits per heavy atom. The second kappa shape index (κ2) is 4.88. The van der Waals surface area contributed by atoms with Gasteiger partial charge in [0.2, 0.25) is 0 Å². The van der Waals surface area contributed by atoms with E-state index in [9.17, 15) is 4.79 Å². The molecular formula is C17H15BrN2O. The lowest BCUT2D eigenvalue weighted by atomic mass is 10.0. The van der Waals surface area contributed by atoms with Crippen LogP contribution in [0.25, 0.3) is 11.0 Å². The molecule has 106 valence electrons. The zero-order valence-corrected chi connectivity index (χ0v) is 12.9. The van der Waals surface area contributed by atoms with Crippen LogP contribution in [0.2, 0.25) is 0 Å². The number of imidazole rings is 1. The number of aromatic amines is 2. The molecule has 0 bridgehead atoms. The smallest absolute Gasteiger partial charge is 0.306 e. The third-order valence-electron chi connectivity index (χ3n) is 4.30. The van der Waals surface area contributed by atoms with Crippen molar-refractivity contribution in [1.29, 1.82) is 0 Å². The fourth-order valence-corrected chi connectivity index (χ4v) is 3.96. The predicted molar refractivity (Wildman–Crippen MR) is 87.9 cm³/mol. The molecular weight excluding hydrogens is 328 g/mol. The molecule has 4 rings (SSSR count). The first-order valence-corrected chi connectivity index (χ1v) is 8.05. The second-order valence-corrected chi connectivity index (χ2v) is 6.69. The Morgan fingerprint density at radius 2 is 1.81 bits per heavy atom. The van der Waals surface area contributed by atoms with Crippen molar-refractivity contribution in [3.8, 4) is 0 Å². The van der Waals surface area contributed by atoms with Crippen molar-refractivity contribution in [2.75, 3.05) is 0 Å². The van der Waals surface area contributed by atoms with Crippen molar-refractivity contribution >= 4 is 27.0 Å². The highest BCUT2D eigenvalue weighted by atomic mass is 79.9. The largest absolute Gasteiger partial charge is 0.323 e. The summed E-state index contributed by atoms with van der Waals surface area (Å²) in [6.07, 6.45) is 1.21. The number of hydrogen-bond acceptors (Lipinski definition) is 1. The van der Waals surface area contributed by atoms with Crippen LogP contribution in [0.4, 0.5) is 0 Å². The summed E-state index contributed by atoms with van der Waals surface area (Å²) in [5.41, 5.74) is 4.23. The molecule has 4 heteroatoms. The maximum absolute atomic E-state index is 11.3. The highest BCUT2D eigenvalue weighted by molar-refractivity contribution is 9.09. The number of benzene rings is 2. The van der Waals surface area contributed by atoms with Gasteiger partial charge in [0.05, 0.1) is 11.0 Å². The lowest BCUT2D eigenvalue weighted by Crippen LogP contribution is -1.99. The lowest BCUT2D eigenvalue weighted by Gasteiger charge is -2.10. The van der Waals surface area contributed by atoms with Crippen LogP contribution in [0.5, 0.6) is 0 Å². The zero-order chi connectivity index (χ0) is 14.4. The van der Waals surface area contributed by atoms with Crippen molar-refractivity contribution in [3.63, 3.8) is 0 Å². The topological polar surface area (TPSA) is 48.6 Å². The van der Waals surface area contributed by atoms with Crippen LogP contribution in [0, 0.1) is 5.92 Å². The van der Waals surface area contributed by atoms with E-state index in [1.165, 1.54) is 17.5 Å². The van der Waals surface area contributed by atoms with Gasteiger partial charge in [-0.25, -0.2) is 4.79 Å². The van der Waals surface area contributed by atoms with Gasteiger partial charge in [-0.1, -0.05) is 52.3 Å². The molecule has 1 aliphatic carbocycles. The quantitative estimate of drug-likeness (QED) is 0.691. The van der Waals surface area contributed by atoms with E-state index >= 15 is 0 Å². The van der Waals surface area contributed by atoms with Gasteiger partial charge in [-0.05, 0) is 41.5 Å². The normalized spacial score (nSPS) is 22.3. The second-order valence-electron chi connectivity index (χ2n) is 5.70. The van der Waals surface area contributed by atoms with E-state index in [2.05, 4.69) is 68.4 Å². The van der Waals surface area contributed by atoms with E-state index in [4.69, 9.17) is 0 Å². The number of nitrogens with one attached hydrogen (secondary N) is 2. The zero-order valence-electron chi connectivity index (χ0n) is 11.3. The molecule has 2 aromatic carbocycles. The number of halogens is 1. The Bertz CT molecular complexity index is 837. The van der Waals surface area contributed by atoms with Crippen molar-refractivity contribution in [3.05, 3.63) is 70.1 Å². The van der Waals surface area contributed by atoms with Crippen LogP contribution in [0.15, 0.2) is 53.3 Å². The molecule has 0 saturated heterocycles. The minimum atomic E-state index is -0.151. The molecule has 0 spiro atoms. The van der Waals surface area contributed by atoms with Gasteiger partial charge in [0.15, 0.2) is 0 Å². The SMILES string of the molecule is O=c1[nH]c2ccc(C(Br)C3CC3c3ccccc3)cc2[nH]1. The fraction of sp³-hybridized carbons (Fsp3) is 0.235. The fourth-order valence-electron chi connectivity index (χ4n) is 3.09. The van der Waals surface area contributed by atoms with Crippen molar-refractivity contribution in [2.24, 2.45) is 5.92 Å². The third-order valence-corrected chi connectivity index (χ3v) is 5.51. The van der Waals surface area contributed by atoms with Crippen LogP contribution in [-0.4, -0.2) is 9.97 Å². The van der Waals surface area contributed by atoms with Gasteiger partial charge in [0, 0.05) is 4.83 Å². The predicted octanol–water partition coefficient (Wildman–Crippen LogP) is 4.10. The Kier molecular flexibility index (Phi) is 3.00. The Balaban J connectivity index is 1.59. The summed E-state index contributed by atoms with van der Waals surface area (Å²) in [6.45, 7) is 0. The summed E-state index contributed by atoms with van der Waals surface area (Å²) in [6, 6.07) is 16.8. The summed E-state index contributed by atoms with van der Waals surface area (Å²) in [7, 11) is 0. The first-order chi connectivity index (χ1) is 10.2. The summed E-state index contributed by atoms with van der Waals surface area (Å²) in [4.78, 5) is 17.3. The molecule has 0 aliphatic heterocycles. The standard InChI is InChI=1S/C17H15BrN2O/c18-16(13-9-12(13)10-4-2-1-3-5-10)11-6-7-14-15(8-11)20-17(21)19-14/h1-8,12-13,16H,9H2,(H2,19,20,21). The van der Waals surface area contributed by atoms with Gasteiger partial charge in [-0.2, -0.15) is 0 Å². The average Bonchev–Trinajstić information content (AvgIpc) is 3.22. The molecule has 3 aromatic rings. The van der Waals surface area contributed by atoms with Crippen LogP contribution in [0.1, 0.15) is 28.3 Å². The van der Waals surface area contributed by atoms with E-state index in [1.54, 1.807) is 0 Å². The van der Waals surface area contributed by atoms with E-state index < -0.39 is 0 Å². The maximum atomic E-state index is 11.3. The average molecular weight is 343 g/mol. The van der Waals surface area contributed by atoms with Crippen LogP contribution in [-0.2, 0) is 0 Å². The molecule has 1 fully saturated rings. The molecule has 21 heavy (non-hydrogen) atoms. The van der Waals surface area contributed by atoms with Gasteiger partial charge >= 0.3 is 5.69 Å². The minimum Gasteiger partial charge on any atom is -0.306 e. The molecule has 1 saturated carbocycles. The first kappa shape index (κ1) is 12.9. The lowest BCUT2D eigenvalue weighted by molar-refractivity contribution is 0.787. The number of rotatable bonds is 3. The maximum Gasteiger partial charge on any atom is 0.323 e. The summed E-state index contributed by atoms with van der Waals surface area (Å²) in [5.74, 6) is 1.26. The van der Waals surface area contributed by atoms with Crippen molar-refractivity contribution in [2.45, 2.75) is 17.2 Å². The van der Waals surface area contributed by atoms with Gasteiger partial charge in [0.25, 0.3) is 0 Å². The Morgan fingerprint density at radius 3 is 2.62 bits per heavy atom.